The number of hydrogen-bond donors (Lipinski definition) is 1. The van der Waals surface area contributed by atoms with Crippen LogP contribution in [0.3, 0.4) is 0 Å². The third kappa shape index (κ3) is 4.08. The Hall–Kier alpha value is -3.33. The average Bonchev–Trinajstić information content (AvgIpc) is 2.97. The van der Waals surface area contributed by atoms with Gasteiger partial charge in [0, 0.05) is 6.42 Å². The van der Waals surface area contributed by atoms with Crippen molar-refractivity contribution in [3.8, 4) is 0 Å². The Labute approximate surface area is 191 Å². The average molecular weight is 469 g/mol. The lowest BCUT2D eigenvalue weighted by Gasteiger charge is -2.27. The molecule has 1 N–H and O–H groups in total. The highest BCUT2D eigenvalue weighted by Crippen LogP contribution is 2.31. The molecule has 1 fully saturated rings. The minimum absolute atomic E-state index is 0.0102. The van der Waals surface area contributed by atoms with Crippen LogP contribution in [0.25, 0.3) is 0 Å². The van der Waals surface area contributed by atoms with Crippen LogP contribution in [0.15, 0.2) is 41.3 Å². The van der Waals surface area contributed by atoms with Crippen LogP contribution in [0.4, 0.5) is 0 Å². The number of carbonyl (C=O) groups excluding carboxylic acids is 4. The van der Waals surface area contributed by atoms with Crippen LogP contribution in [-0.2, 0) is 25.2 Å². The molecule has 2 aromatic rings. The molecule has 0 bridgehead atoms. The van der Waals surface area contributed by atoms with Crippen molar-refractivity contribution in [3.05, 3.63) is 64.2 Å². The van der Waals surface area contributed by atoms with Gasteiger partial charge >= 0.3 is 0 Å². The fourth-order valence-electron chi connectivity index (χ4n) is 4.31. The molecule has 2 aromatic carbocycles. The van der Waals surface area contributed by atoms with E-state index in [4.69, 9.17) is 0 Å². The molecule has 0 aliphatic carbocycles. The minimum atomic E-state index is -3.71. The van der Waals surface area contributed by atoms with Crippen LogP contribution >= 0.6 is 0 Å². The van der Waals surface area contributed by atoms with Crippen molar-refractivity contribution in [2.75, 3.05) is 0 Å². The molecule has 0 aromatic heterocycles. The maximum atomic E-state index is 13.2. The van der Waals surface area contributed by atoms with Gasteiger partial charge in [0.2, 0.25) is 11.8 Å². The molecule has 172 valence electrons. The zero-order valence-corrected chi connectivity index (χ0v) is 19.4. The van der Waals surface area contributed by atoms with Crippen LogP contribution < -0.4 is 5.32 Å². The molecule has 2 heterocycles. The first-order valence-corrected chi connectivity index (χ1v) is 12.3. The number of sulfone groups is 1. The van der Waals surface area contributed by atoms with Crippen molar-refractivity contribution >= 4 is 33.5 Å². The van der Waals surface area contributed by atoms with Gasteiger partial charge in [-0.3, -0.25) is 29.4 Å². The highest BCUT2D eigenvalue weighted by molar-refractivity contribution is 7.90. The fourth-order valence-corrected chi connectivity index (χ4v) is 6.01. The molecule has 4 amide bonds. The summed E-state index contributed by atoms with van der Waals surface area (Å²) in [7, 11) is -3.71. The Balaban J connectivity index is 1.64. The number of aryl methyl sites for hydroxylation is 1. The zero-order valence-electron chi connectivity index (χ0n) is 18.5. The van der Waals surface area contributed by atoms with Gasteiger partial charge in [-0.15, -0.1) is 0 Å². The van der Waals surface area contributed by atoms with Gasteiger partial charge in [0.15, 0.2) is 9.84 Å². The van der Waals surface area contributed by atoms with E-state index < -0.39 is 39.5 Å². The highest BCUT2D eigenvalue weighted by atomic mass is 32.2. The van der Waals surface area contributed by atoms with Gasteiger partial charge in [-0.1, -0.05) is 37.6 Å². The molecule has 2 aliphatic heterocycles. The van der Waals surface area contributed by atoms with Gasteiger partial charge in [0.25, 0.3) is 11.8 Å². The van der Waals surface area contributed by atoms with Crippen LogP contribution in [0.5, 0.6) is 0 Å². The standard InChI is InChI=1S/C24H24N2O6S/c1-13(2)17-10-14(3)4-8-20(17)33(31,32)12-15-5-6-16-18(11-15)24(30)26(23(16)29)19-7-9-21(27)25-22(19)28/h4-6,8,10-11,13,19H,7,9,12H2,1-3H3,(H,25,27,28). The SMILES string of the molecule is Cc1ccc(S(=O)(=O)Cc2ccc3c(c2)C(=O)N(C2CCC(=O)NC2=O)C3=O)c(C(C)C)c1. The monoisotopic (exact) mass is 468 g/mol. The van der Waals surface area contributed by atoms with Gasteiger partial charge in [0.05, 0.1) is 21.8 Å². The van der Waals surface area contributed by atoms with E-state index in [9.17, 15) is 27.6 Å². The van der Waals surface area contributed by atoms with Crippen LogP contribution in [0, 0.1) is 6.92 Å². The van der Waals surface area contributed by atoms with Crippen LogP contribution in [0.1, 0.15) is 70.0 Å². The first-order valence-electron chi connectivity index (χ1n) is 10.7. The van der Waals surface area contributed by atoms with Crippen molar-refractivity contribution < 1.29 is 27.6 Å². The Morgan fingerprint density at radius 1 is 1.00 bits per heavy atom. The van der Waals surface area contributed by atoms with Gasteiger partial charge in [-0.2, -0.15) is 0 Å². The van der Waals surface area contributed by atoms with E-state index in [0.717, 1.165) is 16.0 Å². The minimum Gasteiger partial charge on any atom is -0.295 e. The second kappa shape index (κ2) is 8.22. The normalized spacial score (nSPS) is 18.7. The second-order valence-corrected chi connectivity index (χ2v) is 10.7. The molecule has 2 aliphatic rings. The van der Waals surface area contributed by atoms with Crippen molar-refractivity contribution in [3.63, 3.8) is 0 Å². The number of benzene rings is 2. The van der Waals surface area contributed by atoms with E-state index in [1.54, 1.807) is 12.1 Å². The van der Waals surface area contributed by atoms with E-state index in [2.05, 4.69) is 5.32 Å². The quantitative estimate of drug-likeness (QED) is 0.674. The Bertz CT molecular complexity index is 1310. The van der Waals surface area contributed by atoms with Crippen molar-refractivity contribution in [2.45, 2.75) is 56.2 Å². The summed E-state index contributed by atoms with van der Waals surface area (Å²) in [6.45, 7) is 5.76. The van der Waals surface area contributed by atoms with Gasteiger partial charge in [0.1, 0.15) is 6.04 Å². The summed E-state index contributed by atoms with van der Waals surface area (Å²) in [5.41, 5.74) is 2.24. The predicted octanol–water partition coefficient (Wildman–Crippen LogP) is 2.49. The van der Waals surface area contributed by atoms with E-state index in [0.29, 0.717) is 5.56 Å². The number of rotatable bonds is 5. The van der Waals surface area contributed by atoms with Gasteiger partial charge < -0.3 is 0 Å². The van der Waals surface area contributed by atoms with Gasteiger partial charge in [-0.25, -0.2) is 8.42 Å². The number of imide groups is 2. The summed E-state index contributed by atoms with van der Waals surface area (Å²) in [6, 6.07) is 8.49. The fraction of sp³-hybridized carbons (Fsp3) is 0.333. The summed E-state index contributed by atoms with van der Waals surface area (Å²) in [6.07, 6.45) is 0.0881. The largest absolute Gasteiger partial charge is 0.295 e. The molecule has 0 radical (unpaired) electrons. The summed E-state index contributed by atoms with van der Waals surface area (Å²) in [4.78, 5) is 50.5. The van der Waals surface area contributed by atoms with E-state index in [1.165, 1.54) is 18.2 Å². The molecular weight excluding hydrogens is 444 g/mol. The third-order valence-corrected chi connectivity index (χ3v) is 7.74. The lowest BCUT2D eigenvalue weighted by molar-refractivity contribution is -0.136. The molecule has 1 atom stereocenters. The van der Waals surface area contributed by atoms with Gasteiger partial charge in [-0.05, 0) is 48.6 Å². The first kappa shape index (κ1) is 22.8. The first-order chi connectivity index (χ1) is 15.5. The molecule has 0 saturated carbocycles. The second-order valence-electron chi connectivity index (χ2n) is 8.78. The molecule has 9 heteroatoms. The number of carbonyl (C=O) groups is 4. The van der Waals surface area contributed by atoms with Crippen LogP contribution in [0.2, 0.25) is 0 Å². The Kier molecular flexibility index (Phi) is 5.69. The maximum absolute atomic E-state index is 13.2. The topological polar surface area (TPSA) is 118 Å². The zero-order chi connectivity index (χ0) is 24.1. The molecule has 1 saturated heterocycles. The molecule has 1 unspecified atom stereocenters. The Morgan fingerprint density at radius 2 is 1.70 bits per heavy atom. The highest BCUT2D eigenvalue weighted by Gasteiger charge is 2.44. The van der Waals surface area contributed by atoms with Crippen molar-refractivity contribution in [1.29, 1.82) is 0 Å². The maximum Gasteiger partial charge on any atom is 0.262 e. The molecular formula is C24H24N2O6S. The summed E-state index contributed by atoms with van der Waals surface area (Å²) < 4.78 is 26.4. The van der Waals surface area contributed by atoms with E-state index in [-0.39, 0.29) is 40.5 Å². The smallest absolute Gasteiger partial charge is 0.262 e. The summed E-state index contributed by atoms with van der Waals surface area (Å²) >= 11 is 0. The molecule has 0 spiro atoms. The lowest BCUT2D eigenvalue weighted by Crippen LogP contribution is -2.54. The molecule has 8 nitrogen and oxygen atoms in total. The Morgan fingerprint density at radius 3 is 2.36 bits per heavy atom. The third-order valence-electron chi connectivity index (χ3n) is 5.98. The van der Waals surface area contributed by atoms with E-state index >= 15 is 0 Å². The number of nitrogens with one attached hydrogen (secondary N) is 1. The van der Waals surface area contributed by atoms with Crippen molar-refractivity contribution in [1.82, 2.24) is 10.2 Å². The van der Waals surface area contributed by atoms with Crippen molar-refractivity contribution in [2.24, 2.45) is 0 Å². The summed E-state index contributed by atoms with van der Waals surface area (Å²) in [5, 5.41) is 2.15. The lowest BCUT2D eigenvalue weighted by atomic mass is 10.0. The molecule has 4 rings (SSSR count). The predicted molar refractivity (Wildman–Crippen MR) is 119 cm³/mol. The number of hydrogen-bond acceptors (Lipinski definition) is 6. The summed E-state index contributed by atoms with van der Waals surface area (Å²) in [5.74, 6) is -2.75. The number of piperidine rings is 1. The van der Waals surface area contributed by atoms with Crippen LogP contribution in [-0.4, -0.2) is 43.0 Å². The number of fused-ring (bicyclic) bond motifs is 1. The van der Waals surface area contributed by atoms with E-state index in [1.807, 2.05) is 26.8 Å². The number of nitrogens with zero attached hydrogens (tertiary/aromatic N) is 1. The number of amides is 4. The molecule has 33 heavy (non-hydrogen) atoms.